The fourth-order valence-corrected chi connectivity index (χ4v) is 3.15. The summed E-state index contributed by atoms with van der Waals surface area (Å²) in [6.45, 7) is 4.69. The van der Waals surface area contributed by atoms with E-state index in [2.05, 4.69) is 22.3 Å². The van der Waals surface area contributed by atoms with Crippen LogP contribution >= 0.6 is 12.4 Å². The van der Waals surface area contributed by atoms with Crippen LogP contribution < -0.4 is 10.1 Å². The third-order valence-electron chi connectivity index (χ3n) is 4.45. The Morgan fingerprint density at radius 3 is 2.69 bits per heavy atom. The minimum absolute atomic E-state index is 0. The summed E-state index contributed by atoms with van der Waals surface area (Å²) < 4.78 is 24.2. The second-order valence-electron chi connectivity index (χ2n) is 6.23. The topological polar surface area (TPSA) is 33.7 Å². The molecule has 6 heteroatoms. The van der Waals surface area contributed by atoms with Crippen LogP contribution in [0, 0.1) is 5.82 Å². The van der Waals surface area contributed by atoms with E-state index in [4.69, 9.17) is 9.47 Å². The molecule has 1 unspecified atom stereocenters. The first-order chi connectivity index (χ1) is 12.3. The molecule has 1 atom stereocenters. The number of hydrogen-bond donors (Lipinski definition) is 1. The van der Waals surface area contributed by atoms with Gasteiger partial charge in [0.05, 0.1) is 6.61 Å². The van der Waals surface area contributed by atoms with E-state index in [0.29, 0.717) is 13.2 Å². The lowest BCUT2D eigenvalue weighted by molar-refractivity contribution is 0.146. The number of piperazine rings is 1. The fourth-order valence-electron chi connectivity index (χ4n) is 3.15. The molecule has 2 aromatic carbocycles. The lowest BCUT2D eigenvalue weighted by Gasteiger charge is -2.36. The molecule has 1 heterocycles. The van der Waals surface area contributed by atoms with Crippen molar-refractivity contribution in [2.24, 2.45) is 0 Å². The highest BCUT2D eigenvalue weighted by molar-refractivity contribution is 5.85. The maximum atomic E-state index is 13.6. The Hall–Kier alpha value is -1.66. The molecule has 1 saturated heterocycles. The zero-order chi connectivity index (χ0) is 17.5. The van der Waals surface area contributed by atoms with Crippen molar-refractivity contribution in [3.8, 4) is 5.75 Å². The highest BCUT2D eigenvalue weighted by atomic mass is 35.5. The molecule has 26 heavy (non-hydrogen) atoms. The second kappa shape index (κ2) is 10.5. The van der Waals surface area contributed by atoms with Crippen LogP contribution in [0.1, 0.15) is 17.2 Å². The number of methoxy groups -OCH3 is 1. The van der Waals surface area contributed by atoms with E-state index in [1.165, 1.54) is 11.6 Å². The summed E-state index contributed by atoms with van der Waals surface area (Å²) in [4.78, 5) is 2.39. The lowest BCUT2D eigenvalue weighted by Crippen LogP contribution is -2.45. The zero-order valence-corrected chi connectivity index (χ0v) is 15.8. The molecule has 0 saturated carbocycles. The average Bonchev–Trinajstić information content (AvgIpc) is 2.64. The predicted octanol–water partition coefficient (Wildman–Crippen LogP) is 3.42. The first kappa shape index (κ1) is 20.6. The normalized spacial score (nSPS) is 17.5. The van der Waals surface area contributed by atoms with Crippen LogP contribution in [-0.2, 0) is 11.3 Å². The average molecular weight is 381 g/mol. The van der Waals surface area contributed by atoms with E-state index in [-0.39, 0.29) is 24.3 Å². The number of nitrogens with one attached hydrogen (secondary N) is 1. The predicted molar refractivity (Wildman–Crippen MR) is 103 cm³/mol. The molecule has 0 spiro atoms. The molecular weight excluding hydrogens is 355 g/mol. The van der Waals surface area contributed by atoms with Crippen LogP contribution in [0.2, 0.25) is 0 Å². The minimum Gasteiger partial charge on any atom is -0.491 e. The van der Waals surface area contributed by atoms with Crippen LogP contribution in [0.4, 0.5) is 4.39 Å². The van der Waals surface area contributed by atoms with Gasteiger partial charge in [-0.15, -0.1) is 12.4 Å². The first-order valence-corrected chi connectivity index (χ1v) is 8.67. The van der Waals surface area contributed by atoms with Gasteiger partial charge in [0.2, 0.25) is 0 Å². The third-order valence-corrected chi connectivity index (χ3v) is 4.45. The number of ether oxygens (including phenoxy) is 2. The summed E-state index contributed by atoms with van der Waals surface area (Å²) in [5, 5.41) is 3.41. The summed E-state index contributed by atoms with van der Waals surface area (Å²) in [7, 11) is 1.66. The van der Waals surface area contributed by atoms with Gasteiger partial charge in [0.15, 0.2) is 0 Å². The van der Waals surface area contributed by atoms with Gasteiger partial charge in [0, 0.05) is 39.3 Å². The van der Waals surface area contributed by atoms with Gasteiger partial charge < -0.3 is 14.8 Å². The van der Waals surface area contributed by atoms with Crippen LogP contribution in [0.3, 0.4) is 0 Å². The second-order valence-corrected chi connectivity index (χ2v) is 6.23. The van der Waals surface area contributed by atoms with Crippen molar-refractivity contribution in [3.05, 3.63) is 65.5 Å². The molecular formula is C20H26ClFN2O2. The van der Waals surface area contributed by atoms with Gasteiger partial charge in [-0.3, -0.25) is 4.90 Å². The van der Waals surface area contributed by atoms with E-state index in [1.807, 2.05) is 18.2 Å². The smallest absolute Gasteiger partial charge is 0.123 e. The SMILES string of the molecule is COCCOc1ccc(CN2CCNCC2c2cccc(F)c2)cc1.Cl. The fraction of sp³-hybridized carbons (Fsp3) is 0.400. The Morgan fingerprint density at radius 2 is 1.96 bits per heavy atom. The van der Waals surface area contributed by atoms with Crippen molar-refractivity contribution in [1.82, 2.24) is 10.2 Å². The molecule has 4 nitrogen and oxygen atoms in total. The van der Waals surface area contributed by atoms with Crippen LogP contribution in [0.25, 0.3) is 0 Å². The molecule has 1 N–H and O–H groups in total. The Bertz CT molecular complexity index is 669. The largest absolute Gasteiger partial charge is 0.491 e. The van der Waals surface area contributed by atoms with Gasteiger partial charge in [-0.25, -0.2) is 4.39 Å². The van der Waals surface area contributed by atoms with Crippen LogP contribution in [-0.4, -0.2) is 44.9 Å². The number of hydrogen-bond acceptors (Lipinski definition) is 4. The van der Waals surface area contributed by atoms with Gasteiger partial charge in [-0.2, -0.15) is 0 Å². The Morgan fingerprint density at radius 1 is 1.15 bits per heavy atom. The monoisotopic (exact) mass is 380 g/mol. The van der Waals surface area contributed by atoms with Gasteiger partial charge >= 0.3 is 0 Å². The molecule has 1 fully saturated rings. The van der Waals surface area contributed by atoms with Crippen LogP contribution in [0.5, 0.6) is 5.75 Å². The molecule has 142 valence electrons. The summed E-state index contributed by atoms with van der Waals surface area (Å²) in [5.41, 5.74) is 2.24. The van der Waals surface area contributed by atoms with Gasteiger partial charge in [0.1, 0.15) is 18.2 Å². The summed E-state index contributed by atoms with van der Waals surface area (Å²) >= 11 is 0. The van der Waals surface area contributed by atoms with Crippen molar-refractivity contribution < 1.29 is 13.9 Å². The van der Waals surface area contributed by atoms with Crippen molar-refractivity contribution >= 4 is 12.4 Å². The standard InChI is InChI=1S/C20H25FN2O2.ClH/c1-24-11-12-25-19-7-5-16(6-8-19)15-23-10-9-22-14-20(23)17-3-2-4-18(21)13-17;/h2-8,13,20,22H,9-12,14-15H2,1H3;1H. The van der Waals surface area contributed by atoms with Crippen molar-refractivity contribution in [2.45, 2.75) is 12.6 Å². The molecule has 0 aliphatic carbocycles. The van der Waals surface area contributed by atoms with E-state index < -0.39 is 0 Å². The van der Waals surface area contributed by atoms with Gasteiger partial charge in [0.25, 0.3) is 0 Å². The Kier molecular flexibility index (Phi) is 8.32. The van der Waals surface area contributed by atoms with Crippen LogP contribution in [0.15, 0.2) is 48.5 Å². The van der Waals surface area contributed by atoms with Gasteiger partial charge in [-0.1, -0.05) is 24.3 Å². The molecule has 0 amide bonds. The highest BCUT2D eigenvalue weighted by Crippen LogP contribution is 2.25. The van der Waals surface area contributed by atoms with Gasteiger partial charge in [-0.05, 0) is 35.4 Å². The van der Waals surface area contributed by atoms with Crippen molar-refractivity contribution in [3.63, 3.8) is 0 Å². The summed E-state index contributed by atoms with van der Waals surface area (Å²) in [5.74, 6) is 0.670. The third kappa shape index (κ3) is 5.68. The molecule has 1 aliphatic rings. The van der Waals surface area contributed by atoms with Crippen molar-refractivity contribution in [2.75, 3.05) is 40.0 Å². The Balaban J connectivity index is 0.00000243. The Labute approximate surface area is 160 Å². The maximum absolute atomic E-state index is 13.6. The zero-order valence-electron chi connectivity index (χ0n) is 15.0. The quantitative estimate of drug-likeness (QED) is 0.746. The number of benzene rings is 2. The summed E-state index contributed by atoms with van der Waals surface area (Å²) in [6.07, 6.45) is 0. The first-order valence-electron chi connectivity index (χ1n) is 8.67. The van der Waals surface area contributed by atoms with E-state index >= 15 is 0 Å². The molecule has 0 bridgehead atoms. The molecule has 0 radical (unpaired) electrons. The van der Waals surface area contributed by atoms with E-state index in [1.54, 1.807) is 19.2 Å². The number of halogens is 2. The molecule has 1 aliphatic heterocycles. The summed E-state index contributed by atoms with van der Waals surface area (Å²) in [6, 6.07) is 15.3. The molecule has 0 aromatic heterocycles. The minimum atomic E-state index is -0.180. The van der Waals surface area contributed by atoms with E-state index in [9.17, 15) is 4.39 Å². The van der Waals surface area contributed by atoms with E-state index in [0.717, 1.165) is 37.5 Å². The maximum Gasteiger partial charge on any atom is 0.123 e. The molecule has 2 aromatic rings. The van der Waals surface area contributed by atoms with Crippen molar-refractivity contribution in [1.29, 1.82) is 0 Å². The highest BCUT2D eigenvalue weighted by Gasteiger charge is 2.24. The lowest BCUT2D eigenvalue weighted by atomic mass is 10.0. The number of rotatable bonds is 7. The molecule has 3 rings (SSSR count). The number of nitrogens with zero attached hydrogens (tertiary/aromatic N) is 1.